The maximum atomic E-state index is 5.21. The van der Waals surface area contributed by atoms with Gasteiger partial charge >= 0.3 is 0 Å². The summed E-state index contributed by atoms with van der Waals surface area (Å²) in [6.45, 7) is 2.77. The first-order valence-corrected chi connectivity index (χ1v) is 4.94. The Kier molecular flexibility index (Phi) is 2.38. The van der Waals surface area contributed by atoms with Crippen LogP contribution in [0.2, 0.25) is 0 Å². The molecule has 1 aliphatic heterocycles. The summed E-state index contributed by atoms with van der Waals surface area (Å²) < 4.78 is 3.01. The van der Waals surface area contributed by atoms with Crippen LogP contribution in [0.5, 0.6) is 0 Å². The molecule has 0 atom stereocenters. The second-order valence-electron chi connectivity index (χ2n) is 3.19. The lowest BCUT2D eigenvalue weighted by molar-refractivity contribution is 0.115. The summed E-state index contributed by atoms with van der Waals surface area (Å²) in [7, 11) is 0. The Morgan fingerprint density at radius 3 is 3.00 bits per heavy atom. The van der Waals surface area contributed by atoms with Crippen molar-refractivity contribution in [2.45, 2.75) is 6.04 Å². The molecule has 0 aromatic carbocycles. The molecule has 0 aliphatic carbocycles. The molecule has 0 saturated carbocycles. The van der Waals surface area contributed by atoms with Crippen molar-refractivity contribution in [1.82, 2.24) is 14.7 Å². The number of hydrogen-bond donors (Lipinski definition) is 0. The van der Waals surface area contributed by atoms with Crippen molar-refractivity contribution >= 4 is 15.9 Å². The second-order valence-corrected chi connectivity index (χ2v) is 4.11. The fraction of sp³-hybridized carbons (Fsp3) is 0.444. The third-order valence-electron chi connectivity index (χ3n) is 2.20. The van der Waals surface area contributed by atoms with Crippen molar-refractivity contribution in [3.8, 4) is 12.3 Å². The zero-order valence-corrected chi connectivity index (χ0v) is 8.74. The molecule has 13 heavy (non-hydrogen) atoms. The van der Waals surface area contributed by atoms with Crippen molar-refractivity contribution in [2.75, 3.05) is 19.6 Å². The van der Waals surface area contributed by atoms with Crippen molar-refractivity contribution in [1.29, 1.82) is 0 Å². The maximum Gasteiger partial charge on any atom is 0.0773 e. The van der Waals surface area contributed by atoms with E-state index in [2.05, 4.69) is 31.8 Å². The average Bonchev–Trinajstić information content (AvgIpc) is 2.43. The summed E-state index contributed by atoms with van der Waals surface area (Å²) in [5.74, 6) is 2.63. The molecule has 2 heterocycles. The first kappa shape index (κ1) is 8.79. The fourth-order valence-corrected chi connectivity index (χ4v) is 1.78. The van der Waals surface area contributed by atoms with Crippen LogP contribution in [-0.2, 0) is 0 Å². The van der Waals surface area contributed by atoms with Gasteiger partial charge in [-0.2, -0.15) is 5.10 Å². The number of halogens is 1. The van der Waals surface area contributed by atoms with Gasteiger partial charge in [0.1, 0.15) is 0 Å². The smallest absolute Gasteiger partial charge is 0.0773 e. The highest BCUT2D eigenvalue weighted by Crippen LogP contribution is 2.21. The van der Waals surface area contributed by atoms with E-state index in [9.17, 15) is 0 Å². The van der Waals surface area contributed by atoms with Crippen LogP contribution in [0.4, 0.5) is 0 Å². The molecule has 0 amide bonds. The minimum Gasteiger partial charge on any atom is -0.288 e. The lowest BCUT2D eigenvalue weighted by atomic mass is 10.1. The topological polar surface area (TPSA) is 21.1 Å². The SMILES string of the molecule is C#CCN1CC(n2cc(Br)cn2)C1. The normalized spacial score (nSPS) is 18.2. The Morgan fingerprint density at radius 1 is 1.69 bits per heavy atom. The molecule has 0 spiro atoms. The maximum absolute atomic E-state index is 5.21. The third kappa shape index (κ3) is 1.77. The van der Waals surface area contributed by atoms with Gasteiger partial charge in [-0.25, -0.2) is 0 Å². The summed E-state index contributed by atoms with van der Waals surface area (Å²) >= 11 is 3.37. The quantitative estimate of drug-likeness (QED) is 0.722. The van der Waals surface area contributed by atoms with Gasteiger partial charge in [0.2, 0.25) is 0 Å². The van der Waals surface area contributed by atoms with E-state index < -0.39 is 0 Å². The molecule has 1 fully saturated rings. The van der Waals surface area contributed by atoms with E-state index in [1.807, 2.05) is 17.1 Å². The van der Waals surface area contributed by atoms with Crippen LogP contribution in [0.25, 0.3) is 0 Å². The minimum absolute atomic E-state index is 0.500. The molecule has 3 nitrogen and oxygen atoms in total. The third-order valence-corrected chi connectivity index (χ3v) is 2.61. The Balaban J connectivity index is 1.91. The molecule has 1 saturated heterocycles. The second kappa shape index (κ2) is 3.52. The number of hydrogen-bond acceptors (Lipinski definition) is 2. The summed E-state index contributed by atoms with van der Waals surface area (Å²) in [4.78, 5) is 2.22. The number of rotatable bonds is 2. The Hall–Kier alpha value is -0.790. The summed E-state index contributed by atoms with van der Waals surface area (Å²) in [5, 5.41) is 4.22. The van der Waals surface area contributed by atoms with Gasteiger partial charge in [-0.1, -0.05) is 5.92 Å². The molecular formula is C9H10BrN3. The zero-order chi connectivity index (χ0) is 9.26. The lowest BCUT2D eigenvalue weighted by Crippen LogP contribution is -2.47. The number of nitrogens with zero attached hydrogens (tertiary/aromatic N) is 3. The number of terminal acetylenes is 1. The Bertz CT molecular complexity index is 333. The minimum atomic E-state index is 0.500. The van der Waals surface area contributed by atoms with E-state index in [4.69, 9.17) is 6.42 Å². The first-order chi connectivity index (χ1) is 6.29. The van der Waals surface area contributed by atoms with Crippen LogP contribution in [0, 0.1) is 12.3 Å². The largest absolute Gasteiger partial charge is 0.288 e. The van der Waals surface area contributed by atoms with Gasteiger partial charge in [-0.05, 0) is 15.9 Å². The highest BCUT2D eigenvalue weighted by Gasteiger charge is 2.27. The monoisotopic (exact) mass is 239 g/mol. The van der Waals surface area contributed by atoms with Gasteiger partial charge < -0.3 is 0 Å². The summed E-state index contributed by atoms with van der Waals surface area (Å²) in [6, 6.07) is 0.500. The number of aromatic nitrogens is 2. The van der Waals surface area contributed by atoms with E-state index in [1.54, 1.807) is 0 Å². The Labute approximate surface area is 85.8 Å². The van der Waals surface area contributed by atoms with Crippen LogP contribution < -0.4 is 0 Å². The van der Waals surface area contributed by atoms with E-state index in [0.717, 1.165) is 24.1 Å². The van der Waals surface area contributed by atoms with Crippen LogP contribution in [0.15, 0.2) is 16.9 Å². The Morgan fingerprint density at radius 2 is 2.46 bits per heavy atom. The molecule has 1 aromatic rings. The average molecular weight is 240 g/mol. The van der Waals surface area contributed by atoms with Crippen LogP contribution in [-0.4, -0.2) is 34.3 Å². The van der Waals surface area contributed by atoms with E-state index in [-0.39, 0.29) is 0 Å². The van der Waals surface area contributed by atoms with E-state index in [1.165, 1.54) is 0 Å². The van der Waals surface area contributed by atoms with Crippen molar-refractivity contribution in [3.05, 3.63) is 16.9 Å². The van der Waals surface area contributed by atoms with E-state index >= 15 is 0 Å². The van der Waals surface area contributed by atoms with Crippen molar-refractivity contribution in [2.24, 2.45) is 0 Å². The van der Waals surface area contributed by atoms with Gasteiger partial charge in [0.15, 0.2) is 0 Å². The molecule has 4 heteroatoms. The van der Waals surface area contributed by atoms with Gasteiger partial charge in [-0.3, -0.25) is 9.58 Å². The van der Waals surface area contributed by atoms with Gasteiger partial charge in [0.05, 0.1) is 23.3 Å². The highest BCUT2D eigenvalue weighted by molar-refractivity contribution is 9.10. The predicted molar refractivity (Wildman–Crippen MR) is 54.2 cm³/mol. The lowest BCUT2D eigenvalue weighted by Gasteiger charge is -2.37. The van der Waals surface area contributed by atoms with Crippen molar-refractivity contribution in [3.63, 3.8) is 0 Å². The van der Waals surface area contributed by atoms with Crippen LogP contribution >= 0.6 is 15.9 Å². The van der Waals surface area contributed by atoms with Crippen molar-refractivity contribution < 1.29 is 0 Å². The van der Waals surface area contributed by atoms with Crippen LogP contribution in [0.3, 0.4) is 0 Å². The predicted octanol–water partition coefficient (Wildman–Crippen LogP) is 1.14. The van der Waals surface area contributed by atoms with Gasteiger partial charge in [-0.15, -0.1) is 6.42 Å². The molecule has 0 radical (unpaired) electrons. The zero-order valence-electron chi connectivity index (χ0n) is 7.15. The molecule has 0 bridgehead atoms. The number of likely N-dealkylation sites (tertiary alicyclic amines) is 1. The molecular weight excluding hydrogens is 230 g/mol. The molecule has 1 aromatic heterocycles. The van der Waals surface area contributed by atoms with E-state index in [0.29, 0.717) is 6.04 Å². The molecule has 2 rings (SSSR count). The molecule has 68 valence electrons. The summed E-state index contributed by atoms with van der Waals surface area (Å²) in [6.07, 6.45) is 9.01. The molecule has 0 unspecified atom stereocenters. The van der Waals surface area contributed by atoms with Gasteiger partial charge in [0, 0.05) is 19.3 Å². The first-order valence-electron chi connectivity index (χ1n) is 4.15. The molecule has 1 aliphatic rings. The fourth-order valence-electron chi connectivity index (χ4n) is 1.48. The summed E-state index contributed by atoms with van der Waals surface area (Å²) in [5.41, 5.74) is 0. The molecule has 0 N–H and O–H groups in total. The highest BCUT2D eigenvalue weighted by atomic mass is 79.9. The standard InChI is InChI=1S/C9H10BrN3/c1-2-3-12-6-9(7-12)13-5-8(10)4-11-13/h1,4-5,9H,3,6-7H2. The van der Waals surface area contributed by atoms with Crippen LogP contribution in [0.1, 0.15) is 6.04 Å². The van der Waals surface area contributed by atoms with Gasteiger partial charge in [0.25, 0.3) is 0 Å².